The molecule has 1 rings (SSSR count). The van der Waals surface area contributed by atoms with Crippen LogP contribution in [0.4, 0.5) is 0 Å². The molecule has 0 aliphatic carbocycles. The van der Waals surface area contributed by atoms with Crippen molar-refractivity contribution in [2.24, 2.45) is 0 Å². The largest absolute Gasteiger partial charge is 0.297 e. The van der Waals surface area contributed by atoms with E-state index in [9.17, 15) is 0 Å². The van der Waals surface area contributed by atoms with Gasteiger partial charge in [0.1, 0.15) is 0 Å². The lowest BCUT2D eigenvalue weighted by molar-refractivity contribution is 1.49. The third kappa shape index (κ3) is 1.85. The Kier molecular flexibility index (Phi) is 2.33. The summed E-state index contributed by atoms with van der Waals surface area (Å²) in [6.45, 7) is 3.96. The predicted octanol–water partition coefficient (Wildman–Crippen LogP) is 1.39. The first-order valence-corrected chi connectivity index (χ1v) is 3.70. The molecule has 0 atom stereocenters. The molecule has 11 heavy (non-hydrogen) atoms. The summed E-state index contributed by atoms with van der Waals surface area (Å²) in [5.74, 6) is 2.20. The van der Waals surface area contributed by atoms with E-state index in [-0.39, 0.29) is 6.71 Å². The highest BCUT2D eigenvalue weighted by atomic mass is 14.2. The number of benzene rings is 1. The molecular formula is C9H10BN. The Morgan fingerprint density at radius 1 is 1.27 bits per heavy atom. The van der Waals surface area contributed by atoms with Gasteiger partial charge in [0.05, 0.1) is 0 Å². The van der Waals surface area contributed by atoms with Crippen molar-refractivity contribution in [3.63, 3.8) is 0 Å². The monoisotopic (exact) mass is 143 g/mol. The lowest BCUT2D eigenvalue weighted by atomic mass is 9.49. The zero-order valence-electron chi connectivity index (χ0n) is 6.83. The van der Waals surface area contributed by atoms with Crippen LogP contribution in [0, 0.1) is 18.2 Å². The number of nitriles is 1. The second-order valence-corrected chi connectivity index (χ2v) is 2.76. The number of nitrogens with zero attached hydrogens (tertiary/aromatic N) is 1. The quantitative estimate of drug-likeness (QED) is 0.545. The molecule has 0 aliphatic rings. The molecule has 0 N–H and O–H groups in total. The Morgan fingerprint density at radius 3 is 2.27 bits per heavy atom. The van der Waals surface area contributed by atoms with Crippen LogP contribution in [0.1, 0.15) is 5.56 Å². The fraction of sp³-hybridized carbons (Fsp3) is 0.222. The van der Waals surface area contributed by atoms with Gasteiger partial charge in [-0.05, 0) is 6.92 Å². The van der Waals surface area contributed by atoms with Gasteiger partial charge in [-0.15, -0.1) is 0 Å². The number of rotatable bonds is 1. The minimum atomic E-state index is 0.00981. The van der Waals surface area contributed by atoms with Gasteiger partial charge in [-0.25, -0.2) is 5.26 Å². The highest BCUT2D eigenvalue weighted by Crippen LogP contribution is 1.94. The van der Waals surface area contributed by atoms with E-state index in [1.807, 2.05) is 38.0 Å². The van der Waals surface area contributed by atoms with Crippen LogP contribution in [0.15, 0.2) is 24.3 Å². The van der Waals surface area contributed by atoms with Crippen molar-refractivity contribution in [3.05, 3.63) is 29.8 Å². The van der Waals surface area contributed by atoms with Crippen LogP contribution in [-0.4, -0.2) is 6.71 Å². The molecule has 1 nitrogen and oxygen atoms in total. The average Bonchev–Trinajstić information content (AvgIpc) is 2.05. The summed E-state index contributed by atoms with van der Waals surface area (Å²) in [6.07, 6.45) is 0. The van der Waals surface area contributed by atoms with E-state index in [0.717, 1.165) is 5.46 Å². The fourth-order valence-electron chi connectivity index (χ4n) is 0.930. The van der Waals surface area contributed by atoms with Crippen molar-refractivity contribution in [2.45, 2.75) is 13.7 Å². The molecule has 0 fully saturated rings. The van der Waals surface area contributed by atoms with Crippen molar-refractivity contribution in [1.29, 1.82) is 5.26 Å². The van der Waals surface area contributed by atoms with Crippen LogP contribution >= 0.6 is 0 Å². The van der Waals surface area contributed by atoms with Crippen LogP contribution in [-0.2, 0) is 0 Å². The first kappa shape index (κ1) is 7.88. The molecule has 0 saturated carbocycles. The van der Waals surface area contributed by atoms with Crippen molar-refractivity contribution in [3.8, 4) is 5.97 Å². The summed E-state index contributed by atoms with van der Waals surface area (Å²) in [4.78, 5) is 0. The van der Waals surface area contributed by atoms with Crippen molar-refractivity contribution >= 4 is 12.2 Å². The van der Waals surface area contributed by atoms with E-state index in [2.05, 4.69) is 5.97 Å². The zero-order valence-corrected chi connectivity index (χ0v) is 6.83. The van der Waals surface area contributed by atoms with Crippen molar-refractivity contribution < 1.29 is 0 Å². The summed E-state index contributed by atoms with van der Waals surface area (Å²) in [5, 5.41) is 8.61. The van der Waals surface area contributed by atoms with E-state index >= 15 is 0 Å². The summed E-state index contributed by atoms with van der Waals surface area (Å²) in [6, 6.07) is 8.07. The highest BCUT2D eigenvalue weighted by molar-refractivity contribution is 6.78. The number of hydrogen-bond donors (Lipinski definition) is 0. The topological polar surface area (TPSA) is 23.8 Å². The second kappa shape index (κ2) is 3.25. The summed E-state index contributed by atoms with van der Waals surface area (Å²) in [5.41, 5.74) is 2.33. The Morgan fingerprint density at radius 2 is 1.82 bits per heavy atom. The number of aryl methyl sites for hydroxylation is 1. The molecule has 0 aliphatic heterocycles. The number of hydrogen-bond acceptors (Lipinski definition) is 1. The molecule has 54 valence electrons. The van der Waals surface area contributed by atoms with Crippen LogP contribution in [0.5, 0.6) is 0 Å². The summed E-state index contributed by atoms with van der Waals surface area (Å²) >= 11 is 0. The minimum absolute atomic E-state index is 0.00981. The SMILES string of the molecule is CB(C#N)c1ccc(C)cc1. The van der Waals surface area contributed by atoms with Crippen molar-refractivity contribution in [1.82, 2.24) is 0 Å². The molecule has 1 aromatic rings. The molecule has 2 heteroatoms. The van der Waals surface area contributed by atoms with Gasteiger partial charge in [-0.3, -0.25) is 0 Å². The lowest BCUT2D eigenvalue weighted by Gasteiger charge is -1.98. The first-order valence-electron chi connectivity index (χ1n) is 3.70. The molecule has 0 spiro atoms. The first-order chi connectivity index (χ1) is 5.24. The summed E-state index contributed by atoms with van der Waals surface area (Å²) in [7, 11) is 0. The van der Waals surface area contributed by atoms with E-state index in [1.165, 1.54) is 5.56 Å². The highest BCUT2D eigenvalue weighted by Gasteiger charge is 2.07. The van der Waals surface area contributed by atoms with Gasteiger partial charge in [0.15, 0.2) is 0 Å². The Bertz CT molecular complexity index is 271. The Balaban J connectivity index is 2.92. The van der Waals surface area contributed by atoms with Gasteiger partial charge in [0.2, 0.25) is 0 Å². The van der Waals surface area contributed by atoms with Gasteiger partial charge in [0.25, 0.3) is 6.71 Å². The van der Waals surface area contributed by atoms with Gasteiger partial charge >= 0.3 is 0 Å². The third-order valence-corrected chi connectivity index (χ3v) is 1.77. The van der Waals surface area contributed by atoms with E-state index in [0.29, 0.717) is 0 Å². The molecular weight excluding hydrogens is 133 g/mol. The molecule has 0 saturated heterocycles. The molecule has 0 amide bonds. The Labute approximate surface area is 67.7 Å². The third-order valence-electron chi connectivity index (χ3n) is 1.77. The molecule has 0 aromatic heterocycles. The van der Waals surface area contributed by atoms with Crippen LogP contribution in [0.2, 0.25) is 6.82 Å². The second-order valence-electron chi connectivity index (χ2n) is 2.76. The zero-order chi connectivity index (χ0) is 8.27. The molecule has 1 aromatic carbocycles. The maximum absolute atomic E-state index is 8.61. The average molecular weight is 143 g/mol. The van der Waals surface area contributed by atoms with Crippen LogP contribution in [0.25, 0.3) is 0 Å². The van der Waals surface area contributed by atoms with E-state index in [1.54, 1.807) is 0 Å². The standard InChI is InChI=1S/C9H10BN/c1-8-3-5-9(6-4-8)10(2)7-11/h3-6H,1-2H3. The van der Waals surface area contributed by atoms with Gasteiger partial charge in [0, 0.05) is 5.97 Å². The van der Waals surface area contributed by atoms with Crippen LogP contribution in [0.3, 0.4) is 0 Å². The van der Waals surface area contributed by atoms with Gasteiger partial charge in [-0.1, -0.05) is 42.1 Å². The van der Waals surface area contributed by atoms with E-state index in [4.69, 9.17) is 5.26 Å². The maximum Gasteiger partial charge on any atom is 0.297 e. The smallest absolute Gasteiger partial charge is 0.212 e. The van der Waals surface area contributed by atoms with E-state index < -0.39 is 0 Å². The fourth-order valence-corrected chi connectivity index (χ4v) is 0.930. The normalized spacial score (nSPS) is 8.82. The van der Waals surface area contributed by atoms with Crippen molar-refractivity contribution in [2.75, 3.05) is 0 Å². The van der Waals surface area contributed by atoms with Gasteiger partial charge < -0.3 is 0 Å². The minimum Gasteiger partial charge on any atom is -0.212 e. The predicted molar refractivity (Wildman–Crippen MR) is 48.0 cm³/mol. The molecule has 0 bridgehead atoms. The Hall–Kier alpha value is -1.23. The molecule has 0 heterocycles. The lowest BCUT2D eigenvalue weighted by Crippen LogP contribution is -2.24. The van der Waals surface area contributed by atoms with Crippen LogP contribution < -0.4 is 5.46 Å². The maximum atomic E-state index is 8.61. The molecule has 0 unspecified atom stereocenters. The summed E-state index contributed by atoms with van der Waals surface area (Å²) < 4.78 is 0. The van der Waals surface area contributed by atoms with Gasteiger partial charge in [-0.2, -0.15) is 0 Å². The molecule has 0 radical (unpaired) electrons.